The van der Waals surface area contributed by atoms with Crippen LogP contribution in [0.4, 0.5) is 17.3 Å². The van der Waals surface area contributed by atoms with Gasteiger partial charge in [-0.2, -0.15) is 5.26 Å². The Bertz CT molecular complexity index is 857. The molecule has 0 saturated carbocycles. The fraction of sp³-hybridized carbons (Fsp3) is 0.476. The number of piperazine rings is 1. The summed E-state index contributed by atoms with van der Waals surface area (Å²) in [7, 11) is 0. The average molecular weight is 362 g/mol. The van der Waals surface area contributed by atoms with Crippen LogP contribution in [0.3, 0.4) is 0 Å². The van der Waals surface area contributed by atoms with Crippen LogP contribution in [-0.4, -0.2) is 49.2 Å². The molecule has 0 atom stereocenters. The van der Waals surface area contributed by atoms with Gasteiger partial charge in [0.15, 0.2) is 11.6 Å². The van der Waals surface area contributed by atoms with E-state index in [1.165, 1.54) is 29.7 Å². The number of rotatable bonds is 3. The van der Waals surface area contributed by atoms with E-state index in [0.717, 1.165) is 50.9 Å². The molecular formula is C21H26N6. The van der Waals surface area contributed by atoms with Gasteiger partial charge < -0.3 is 14.7 Å². The van der Waals surface area contributed by atoms with Crippen LogP contribution in [0.5, 0.6) is 0 Å². The van der Waals surface area contributed by atoms with E-state index in [4.69, 9.17) is 0 Å². The van der Waals surface area contributed by atoms with Crippen molar-refractivity contribution in [1.29, 1.82) is 5.26 Å². The molecule has 140 valence electrons. The molecule has 0 spiro atoms. The van der Waals surface area contributed by atoms with E-state index in [0.29, 0.717) is 5.56 Å². The Kier molecular flexibility index (Phi) is 4.85. The number of benzene rings is 1. The van der Waals surface area contributed by atoms with Gasteiger partial charge >= 0.3 is 0 Å². The zero-order valence-corrected chi connectivity index (χ0v) is 16.1. The number of anilines is 3. The van der Waals surface area contributed by atoms with Crippen molar-refractivity contribution in [2.75, 3.05) is 54.0 Å². The Balaban J connectivity index is 1.53. The third kappa shape index (κ3) is 3.42. The molecule has 1 aromatic heterocycles. The fourth-order valence-corrected chi connectivity index (χ4v) is 4.20. The van der Waals surface area contributed by atoms with Crippen LogP contribution >= 0.6 is 0 Å². The zero-order valence-electron chi connectivity index (χ0n) is 16.1. The molecule has 3 heterocycles. The third-order valence-corrected chi connectivity index (χ3v) is 5.60. The van der Waals surface area contributed by atoms with Gasteiger partial charge in [-0.3, -0.25) is 0 Å². The van der Waals surface area contributed by atoms with Crippen molar-refractivity contribution >= 4 is 17.3 Å². The molecular weight excluding hydrogens is 336 g/mol. The maximum atomic E-state index is 9.79. The highest BCUT2D eigenvalue weighted by Gasteiger charge is 2.25. The summed E-state index contributed by atoms with van der Waals surface area (Å²) < 4.78 is 0. The second-order valence-electron chi connectivity index (χ2n) is 7.47. The molecule has 0 radical (unpaired) electrons. The van der Waals surface area contributed by atoms with Crippen molar-refractivity contribution in [2.45, 2.75) is 26.7 Å². The molecule has 2 aliphatic heterocycles. The van der Waals surface area contributed by atoms with Crippen LogP contribution in [0.25, 0.3) is 0 Å². The summed E-state index contributed by atoms with van der Waals surface area (Å²) in [6.07, 6.45) is 3.94. The van der Waals surface area contributed by atoms with Gasteiger partial charge in [0.1, 0.15) is 18.0 Å². The molecule has 0 aliphatic carbocycles. The molecule has 2 saturated heterocycles. The summed E-state index contributed by atoms with van der Waals surface area (Å²) in [5, 5.41) is 9.79. The van der Waals surface area contributed by atoms with Crippen LogP contribution in [-0.2, 0) is 0 Å². The first-order valence-corrected chi connectivity index (χ1v) is 9.74. The Morgan fingerprint density at radius 1 is 0.852 bits per heavy atom. The molecule has 0 N–H and O–H groups in total. The second kappa shape index (κ2) is 7.43. The van der Waals surface area contributed by atoms with Crippen molar-refractivity contribution in [1.82, 2.24) is 9.97 Å². The molecule has 6 heteroatoms. The predicted molar refractivity (Wildman–Crippen MR) is 109 cm³/mol. The minimum absolute atomic E-state index is 0.624. The Hall–Kier alpha value is -2.81. The average Bonchev–Trinajstić information content (AvgIpc) is 3.22. The lowest BCUT2D eigenvalue weighted by Gasteiger charge is -2.38. The summed E-state index contributed by atoms with van der Waals surface area (Å²) in [4.78, 5) is 15.8. The monoisotopic (exact) mass is 362 g/mol. The normalized spacial score (nSPS) is 17.3. The molecule has 0 bridgehead atoms. The number of aromatic nitrogens is 2. The van der Waals surface area contributed by atoms with Gasteiger partial charge in [-0.05, 0) is 38.3 Å². The Labute approximate surface area is 161 Å². The van der Waals surface area contributed by atoms with Crippen LogP contribution in [0, 0.1) is 25.2 Å². The smallest absolute Gasteiger partial charge is 0.152 e. The fourth-order valence-electron chi connectivity index (χ4n) is 4.20. The zero-order chi connectivity index (χ0) is 18.8. The molecule has 2 aromatic rings. The van der Waals surface area contributed by atoms with Crippen molar-refractivity contribution in [2.24, 2.45) is 0 Å². The summed E-state index contributed by atoms with van der Waals surface area (Å²) in [6, 6.07) is 9.01. The van der Waals surface area contributed by atoms with Gasteiger partial charge in [-0.15, -0.1) is 0 Å². The van der Waals surface area contributed by atoms with Crippen molar-refractivity contribution < 1.29 is 0 Å². The van der Waals surface area contributed by atoms with Gasteiger partial charge in [-0.25, -0.2) is 9.97 Å². The molecule has 27 heavy (non-hydrogen) atoms. The molecule has 0 amide bonds. The van der Waals surface area contributed by atoms with Crippen molar-refractivity contribution in [3.63, 3.8) is 0 Å². The van der Waals surface area contributed by atoms with Gasteiger partial charge in [0.05, 0.1) is 0 Å². The van der Waals surface area contributed by atoms with Crippen LogP contribution in [0.1, 0.15) is 29.5 Å². The summed E-state index contributed by atoms with van der Waals surface area (Å²) >= 11 is 0. The van der Waals surface area contributed by atoms with Crippen molar-refractivity contribution in [3.05, 3.63) is 41.2 Å². The van der Waals surface area contributed by atoms with Gasteiger partial charge in [0.25, 0.3) is 0 Å². The first-order valence-electron chi connectivity index (χ1n) is 9.74. The summed E-state index contributed by atoms with van der Waals surface area (Å²) in [6.45, 7) is 9.84. The lowest BCUT2D eigenvalue weighted by atomic mass is 10.1. The maximum absolute atomic E-state index is 9.79. The van der Waals surface area contributed by atoms with E-state index in [-0.39, 0.29) is 0 Å². The maximum Gasteiger partial charge on any atom is 0.152 e. The molecule has 4 rings (SSSR count). The molecule has 0 unspecified atom stereocenters. The van der Waals surface area contributed by atoms with Gasteiger partial charge in [0.2, 0.25) is 0 Å². The quantitative estimate of drug-likeness (QED) is 0.837. The minimum Gasteiger partial charge on any atom is -0.368 e. The molecule has 1 aromatic carbocycles. The molecule has 6 nitrogen and oxygen atoms in total. The second-order valence-corrected chi connectivity index (χ2v) is 7.47. The lowest BCUT2D eigenvalue weighted by molar-refractivity contribution is 0.644. The topological polar surface area (TPSA) is 59.3 Å². The number of nitriles is 1. The van der Waals surface area contributed by atoms with E-state index in [1.54, 1.807) is 6.33 Å². The highest BCUT2D eigenvalue weighted by atomic mass is 15.3. The first kappa shape index (κ1) is 17.6. The van der Waals surface area contributed by atoms with Crippen LogP contribution < -0.4 is 14.7 Å². The molecule has 2 fully saturated rings. The van der Waals surface area contributed by atoms with E-state index in [2.05, 4.69) is 62.8 Å². The third-order valence-electron chi connectivity index (χ3n) is 5.60. The lowest BCUT2D eigenvalue weighted by Crippen LogP contribution is -2.47. The van der Waals surface area contributed by atoms with Crippen LogP contribution in [0.15, 0.2) is 24.5 Å². The van der Waals surface area contributed by atoms with E-state index >= 15 is 0 Å². The number of aryl methyl sites for hydroxylation is 2. The highest BCUT2D eigenvalue weighted by Crippen LogP contribution is 2.29. The SMILES string of the molecule is Cc1ccc(N2CCN(c3ncnc(N4CCCC4)c3C#N)CC2)c(C)c1. The Morgan fingerprint density at radius 2 is 1.44 bits per heavy atom. The van der Waals surface area contributed by atoms with Crippen molar-refractivity contribution in [3.8, 4) is 6.07 Å². The Morgan fingerprint density at radius 3 is 2.04 bits per heavy atom. The van der Waals surface area contributed by atoms with E-state index < -0.39 is 0 Å². The van der Waals surface area contributed by atoms with E-state index in [9.17, 15) is 5.26 Å². The summed E-state index contributed by atoms with van der Waals surface area (Å²) in [5.74, 6) is 1.59. The first-order chi connectivity index (χ1) is 13.2. The van der Waals surface area contributed by atoms with Gasteiger partial charge in [0, 0.05) is 45.0 Å². The number of hydrogen-bond acceptors (Lipinski definition) is 6. The number of nitrogens with zero attached hydrogens (tertiary/aromatic N) is 6. The predicted octanol–water partition coefficient (Wildman–Crippen LogP) is 2.89. The standard InChI is InChI=1S/C21H26N6/c1-16-5-6-19(17(2)13-16)25-9-11-27(12-10-25)21-18(14-22)20(23-15-24-21)26-7-3-4-8-26/h5-6,13,15H,3-4,7-12H2,1-2H3. The van der Waals surface area contributed by atoms with Crippen LogP contribution in [0.2, 0.25) is 0 Å². The largest absolute Gasteiger partial charge is 0.368 e. The summed E-state index contributed by atoms with van der Waals surface area (Å²) in [5.41, 5.74) is 4.55. The minimum atomic E-state index is 0.624. The highest BCUT2D eigenvalue weighted by molar-refractivity contribution is 5.67. The van der Waals surface area contributed by atoms with E-state index in [1.807, 2.05) is 0 Å². The number of hydrogen-bond donors (Lipinski definition) is 0. The molecule has 2 aliphatic rings. The van der Waals surface area contributed by atoms with Gasteiger partial charge in [-0.1, -0.05) is 17.7 Å².